The molecular weight excluding hydrogens is 997 g/mol. The Morgan fingerprint density at radius 1 is 0.247 bits per heavy atom. The van der Waals surface area contributed by atoms with Gasteiger partial charge in [0.25, 0.3) is 0 Å². The Morgan fingerprint density at radius 2 is 0.444 bits per heavy atom. The molecule has 0 saturated heterocycles. The Morgan fingerprint density at radius 3 is 0.691 bits per heavy atom. The minimum atomic E-state index is -0.806. The van der Waals surface area contributed by atoms with Crippen LogP contribution in [-0.2, 0) is 28.6 Å². The highest BCUT2D eigenvalue weighted by atomic mass is 16.6. The SMILES string of the molecule is CC/C=C\C/C=C\C/C=C\C/C=C\C/C=C\C/C=C\CCCCCCC(=O)OCC(COC(=O)CCCCCCCCC/C=C\C/C=C\C/C=C\CC)OC(=O)CCCCCCCCCCCC/C=C\C/C=C\C/C=C\C/C=C\CC. The minimum absolute atomic E-state index is 0.0993. The van der Waals surface area contributed by atoms with Crippen molar-refractivity contribution in [2.75, 3.05) is 13.2 Å². The molecule has 0 saturated carbocycles. The predicted molar refractivity (Wildman–Crippen MR) is 352 cm³/mol. The molecule has 0 aromatic rings. The van der Waals surface area contributed by atoms with Crippen LogP contribution in [0, 0.1) is 0 Å². The molecule has 0 aromatic carbocycles. The van der Waals surface area contributed by atoms with E-state index >= 15 is 0 Å². The number of carbonyl (C=O) groups excluding carboxylic acids is 3. The molecule has 0 radical (unpaired) electrons. The van der Waals surface area contributed by atoms with Crippen molar-refractivity contribution in [3.63, 3.8) is 0 Å². The summed E-state index contributed by atoms with van der Waals surface area (Å²) >= 11 is 0. The van der Waals surface area contributed by atoms with Crippen molar-refractivity contribution in [1.29, 1.82) is 0 Å². The number of hydrogen-bond donors (Lipinski definition) is 0. The Labute approximate surface area is 499 Å². The largest absolute Gasteiger partial charge is 0.462 e. The lowest BCUT2D eigenvalue weighted by molar-refractivity contribution is -0.167. The summed E-state index contributed by atoms with van der Waals surface area (Å²) in [6, 6.07) is 0. The fourth-order valence-electron chi connectivity index (χ4n) is 8.69. The van der Waals surface area contributed by atoms with E-state index in [1.54, 1.807) is 0 Å². The first-order valence-electron chi connectivity index (χ1n) is 33.0. The molecule has 0 N–H and O–H groups in total. The average molecular weight is 1120 g/mol. The maximum Gasteiger partial charge on any atom is 0.306 e. The van der Waals surface area contributed by atoms with Gasteiger partial charge >= 0.3 is 17.9 Å². The molecule has 6 nitrogen and oxygen atoms in total. The second kappa shape index (κ2) is 67.5. The van der Waals surface area contributed by atoms with Crippen LogP contribution in [0.25, 0.3) is 0 Å². The van der Waals surface area contributed by atoms with E-state index in [2.05, 4.69) is 179 Å². The fraction of sp³-hybridized carbons (Fsp3) is 0.613. The molecule has 0 spiro atoms. The van der Waals surface area contributed by atoms with Gasteiger partial charge in [-0.15, -0.1) is 0 Å². The Balaban J connectivity index is 4.48. The van der Waals surface area contributed by atoms with Gasteiger partial charge in [0.05, 0.1) is 0 Å². The fourth-order valence-corrected chi connectivity index (χ4v) is 8.69. The second-order valence-corrected chi connectivity index (χ2v) is 21.2. The van der Waals surface area contributed by atoms with E-state index in [1.165, 1.54) is 77.0 Å². The summed E-state index contributed by atoms with van der Waals surface area (Å²) in [5, 5.41) is 0. The topological polar surface area (TPSA) is 78.9 Å². The van der Waals surface area contributed by atoms with Gasteiger partial charge in [0.15, 0.2) is 6.10 Å². The van der Waals surface area contributed by atoms with Crippen molar-refractivity contribution in [1.82, 2.24) is 0 Å². The molecular formula is C75H120O6. The van der Waals surface area contributed by atoms with Gasteiger partial charge in [0, 0.05) is 19.3 Å². The molecule has 0 bridgehead atoms. The van der Waals surface area contributed by atoms with E-state index in [1.807, 2.05) is 0 Å². The number of hydrogen-bond acceptors (Lipinski definition) is 6. The zero-order chi connectivity index (χ0) is 58.5. The highest BCUT2D eigenvalue weighted by Gasteiger charge is 2.19. The lowest BCUT2D eigenvalue weighted by Crippen LogP contribution is -2.30. The summed E-state index contributed by atoms with van der Waals surface area (Å²) in [4.78, 5) is 38.4. The van der Waals surface area contributed by atoms with Gasteiger partial charge < -0.3 is 14.2 Å². The third kappa shape index (κ3) is 65.7. The number of ether oxygens (including phenoxy) is 3. The predicted octanol–water partition coefficient (Wildman–Crippen LogP) is 22.9. The van der Waals surface area contributed by atoms with Crippen LogP contribution in [0.1, 0.15) is 278 Å². The van der Waals surface area contributed by atoms with Crippen LogP contribution >= 0.6 is 0 Å². The molecule has 6 heteroatoms. The summed E-state index contributed by atoms with van der Waals surface area (Å²) < 4.78 is 16.9. The maximum absolute atomic E-state index is 13.0. The van der Waals surface area contributed by atoms with E-state index < -0.39 is 6.10 Å². The van der Waals surface area contributed by atoms with E-state index in [0.29, 0.717) is 19.3 Å². The van der Waals surface area contributed by atoms with Crippen molar-refractivity contribution in [2.24, 2.45) is 0 Å². The summed E-state index contributed by atoms with van der Waals surface area (Å²) in [5.74, 6) is -0.938. The van der Waals surface area contributed by atoms with Crippen LogP contribution in [0.2, 0.25) is 0 Å². The van der Waals surface area contributed by atoms with Crippen molar-refractivity contribution in [3.8, 4) is 0 Å². The first-order valence-corrected chi connectivity index (χ1v) is 33.0. The summed E-state index contributed by atoms with van der Waals surface area (Å²) in [6.45, 7) is 6.28. The number of allylic oxidation sites excluding steroid dienone is 26. The molecule has 0 aromatic heterocycles. The lowest BCUT2D eigenvalue weighted by Gasteiger charge is -2.18. The lowest BCUT2D eigenvalue weighted by atomic mass is 10.0. The zero-order valence-corrected chi connectivity index (χ0v) is 52.2. The summed E-state index contributed by atoms with van der Waals surface area (Å²) in [5.41, 5.74) is 0. The zero-order valence-electron chi connectivity index (χ0n) is 52.2. The molecule has 456 valence electrons. The van der Waals surface area contributed by atoms with E-state index in [9.17, 15) is 14.4 Å². The quantitative estimate of drug-likeness (QED) is 0.0261. The average Bonchev–Trinajstić information content (AvgIpc) is 3.47. The van der Waals surface area contributed by atoms with Crippen molar-refractivity contribution in [2.45, 2.75) is 284 Å². The Hall–Kier alpha value is -4.97. The molecule has 1 unspecified atom stereocenters. The van der Waals surface area contributed by atoms with Gasteiger partial charge in [-0.25, -0.2) is 0 Å². The molecule has 0 amide bonds. The van der Waals surface area contributed by atoms with Gasteiger partial charge in [-0.3, -0.25) is 14.4 Å². The molecule has 81 heavy (non-hydrogen) atoms. The van der Waals surface area contributed by atoms with Crippen molar-refractivity contribution >= 4 is 17.9 Å². The van der Waals surface area contributed by atoms with Crippen LogP contribution in [0.15, 0.2) is 158 Å². The molecule has 0 fully saturated rings. The van der Waals surface area contributed by atoms with Crippen LogP contribution in [-0.4, -0.2) is 37.2 Å². The van der Waals surface area contributed by atoms with E-state index in [4.69, 9.17) is 14.2 Å². The highest BCUT2D eigenvalue weighted by Crippen LogP contribution is 2.15. The molecule has 0 aliphatic rings. The van der Waals surface area contributed by atoms with E-state index in [-0.39, 0.29) is 31.1 Å². The number of esters is 3. The van der Waals surface area contributed by atoms with Crippen LogP contribution in [0.3, 0.4) is 0 Å². The standard InChI is InChI=1S/C75H120O6/c1-4-7-10-13-16-19-22-25-28-31-33-35-37-39-41-44-47-50-53-56-59-62-65-68-74(77)80-71-72(70-79-73(76)67-64-61-58-55-52-49-46-43-30-27-24-21-18-15-12-9-6-3)81-75(78)69-66-63-60-57-54-51-48-45-42-40-38-36-34-32-29-26-23-20-17-14-11-8-5-2/h7-12,16-21,25-30,33-36,39,41,47,50,72H,4-6,13-15,22-24,31-32,37-38,40,42-46,48-49,51-71H2,1-3H3/b10-7-,11-8-,12-9-,19-16-,20-17-,21-18-,28-25-,29-26-,30-27-,35-33-,36-34-,41-39-,50-47-. The normalized spacial score (nSPS) is 13.2. The maximum atomic E-state index is 13.0. The van der Waals surface area contributed by atoms with Crippen LogP contribution in [0.4, 0.5) is 0 Å². The summed E-state index contributed by atoms with van der Waals surface area (Å²) in [6.07, 6.45) is 98.1. The molecule has 0 rings (SSSR count). The van der Waals surface area contributed by atoms with Crippen molar-refractivity contribution in [3.05, 3.63) is 158 Å². The van der Waals surface area contributed by atoms with Gasteiger partial charge in [-0.2, -0.15) is 0 Å². The Kier molecular flexibility index (Phi) is 63.4. The highest BCUT2D eigenvalue weighted by molar-refractivity contribution is 5.71. The first kappa shape index (κ1) is 76.0. The van der Waals surface area contributed by atoms with Gasteiger partial charge in [-0.1, -0.05) is 275 Å². The number of carbonyl (C=O) groups is 3. The van der Waals surface area contributed by atoms with E-state index in [0.717, 1.165) is 161 Å². The smallest absolute Gasteiger partial charge is 0.306 e. The number of rotatable bonds is 58. The molecule has 0 aliphatic heterocycles. The molecule has 0 heterocycles. The van der Waals surface area contributed by atoms with Gasteiger partial charge in [0.2, 0.25) is 0 Å². The third-order valence-corrected chi connectivity index (χ3v) is 13.5. The second-order valence-electron chi connectivity index (χ2n) is 21.2. The molecule has 1 atom stereocenters. The van der Waals surface area contributed by atoms with Crippen molar-refractivity contribution < 1.29 is 28.6 Å². The first-order chi connectivity index (χ1) is 40.0. The van der Waals surface area contributed by atoms with Gasteiger partial charge in [0.1, 0.15) is 13.2 Å². The van der Waals surface area contributed by atoms with Crippen LogP contribution < -0.4 is 0 Å². The monoisotopic (exact) mass is 1120 g/mol. The number of unbranched alkanes of at least 4 members (excludes halogenated alkanes) is 21. The third-order valence-electron chi connectivity index (χ3n) is 13.5. The summed E-state index contributed by atoms with van der Waals surface area (Å²) in [7, 11) is 0. The molecule has 0 aliphatic carbocycles. The van der Waals surface area contributed by atoms with Gasteiger partial charge in [-0.05, 0) is 141 Å². The van der Waals surface area contributed by atoms with Crippen LogP contribution in [0.5, 0.6) is 0 Å². The Bertz CT molecular complexity index is 1810. The minimum Gasteiger partial charge on any atom is -0.462 e.